The maximum atomic E-state index is 10.8. The normalized spacial score (nSPS) is 21.4. The molecule has 6 heteroatoms. The molecule has 6 nitrogen and oxygen atoms in total. The minimum absolute atomic E-state index is 0.0931. The van der Waals surface area contributed by atoms with Crippen LogP contribution in [0, 0.1) is 0 Å². The Hall–Kier alpha value is -2.57. The lowest BCUT2D eigenvalue weighted by Gasteiger charge is -2.41. The average molecular weight is 362 g/mol. The Morgan fingerprint density at radius 1 is 1.11 bits per heavy atom. The number of likely N-dealkylation sites (tertiary alicyclic amines) is 1. The van der Waals surface area contributed by atoms with Gasteiger partial charge in [-0.2, -0.15) is 4.98 Å². The highest BCUT2D eigenvalue weighted by atomic mass is 16.5. The fourth-order valence-electron chi connectivity index (χ4n) is 4.61. The summed E-state index contributed by atoms with van der Waals surface area (Å²) in [7, 11) is 0. The number of hydrogen-bond acceptors (Lipinski definition) is 6. The first kappa shape index (κ1) is 16.6. The van der Waals surface area contributed by atoms with Gasteiger partial charge < -0.3 is 9.63 Å². The average Bonchev–Trinajstić information content (AvgIpc) is 3.28. The summed E-state index contributed by atoms with van der Waals surface area (Å²) in [5.74, 6) is 1.23. The standard InChI is InChI=1S/C21H22N4O2/c26-18-13-16-3-1-2-4-17(16)21(18)7-11-25(12-8-21)14-19-23-20(24-27-19)15-5-9-22-10-6-15/h1-6,9-10,18,26H,7-8,11-14H2/t18-/m0/s1. The van der Waals surface area contributed by atoms with E-state index in [4.69, 9.17) is 4.52 Å². The number of aliphatic hydroxyl groups is 1. The van der Waals surface area contributed by atoms with E-state index < -0.39 is 0 Å². The molecule has 0 unspecified atom stereocenters. The van der Waals surface area contributed by atoms with Crippen LogP contribution in [0.2, 0.25) is 0 Å². The molecule has 138 valence electrons. The lowest BCUT2D eigenvalue weighted by Crippen LogP contribution is -2.47. The van der Waals surface area contributed by atoms with Crippen molar-refractivity contribution in [2.75, 3.05) is 13.1 Å². The highest BCUT2D eigenvalue weighted by Crippen LogP contribution is 2.46. The molecular formula is C21H22N4O2. The van der Waals surface area contributed by atoms with Gasteiger partial charge in [0.1, 0.15) is 0 Å². The number of benzene rings is 1. The van der Waals surface area contributed by atoms with Crippen molar-refractivity contribution < 1.29 is 9.63 Å². The SMILES string of the molecule is O[C@H]1Cc2ccccc2C12CCN(Cc1nc(-c3ccncc3)no1)CC2. The van der Waals surface area contributed by atoms with Crippen molar-refractivity contribution in [3.05, 3.63) is 65.8 Å². The molecule has 1 saturated heterocycles. The van der Waals surface area contributed by atoms with Gasteiger partial charge in [-0.15, -0.1) is 0 Å². The van der Waals surface area contributed by atoms with Gasteiger partial charge in [-0.1, -0.05) is 29.4 Å². The molecule has 2 aromatic heterocycles. The van der Waals surface area contributed by atoms with Gasteiger partial charge in [0.05, 0.1) is 12.6 Å². The molecule has 1 N–H and O–H groups in total. The molecular weight excluding hydrogens is 340 g/mol. The zero-order chi connectivity index (χ0) is 18.3. The minimum atomic E-state index is -0.279. The fourth-order valence-corrected chi connectivity index (χ4v) is 4.61. The van der Waals surface area contributed by atoms with E-state index in [2.05, 4.69) is 44.3 Å². The summed E-state index contributed by atoms with van der Waals surface area (Å²) >= 11 is 0. The molecule has 1 fully saturated rings. The van der Waals surface area contributed by atoms with Crippen molar-refractivity contribution in [1.82, 2.24) is 20.0 Å². The van der Waals surface area contributed by atoms with Gasteiger partial charge in [0.15, 0.2) is 0 Å². The van der Waals surface area contributed by atoms with Gasteiger partial charge in [0, 0.05) is 23.4 Å². The molecule has 27 heavy (non-hydrogen) atoms. The molecule has 1 aromatic carbocycles. The van der Waals surface area contributed by atoms with Crippen molar-refractivity contribution in [2.24, 2.45) is 0 Å². The van der Waals surface area contributed by atoms with Crippen molar-refractivity contribution in [3.8, 4) is 11.4 Å². The molecule has 2 aliphatic rings. The Morgan fingerprint density at radius 3 is 2.70 bits per heavy atom. The van der Waals surface area contributed by atoms with Crippen LogP contribution in [0.4, 0.5) is 0 Å². The molecule has 1 aliphatic heterocycles. The van der Waals surface area contributed by atoms with Crippen molar-refractivity contribution in [2.45, 2.75) is 37.3 Å². The third-order valence-electron chi connectivity index (χ3n) is 6.12. The molecule has 1 aliphatic carbocycles. The lowest BCUT2D eigenvalue weighted by atomic mass is 9.72. The summed E-state index contributed by atoms with van der Waals surface area (Å²) < 4.78 is 5.44. The second-order valence-electron chi connectivity index (χ2n) is 7.56. The highest BCUT2D eigenvalue weighted by molar-refractivity contribution is 5.52. The number of fused-ring (bicyclic) bond motifs is 2. The van der Waals surface area contributed by atoms with E-state index in [1.54, 1.807) is 12.4 Å². The number of pyridine rings is 1. The topological polar surface area (TPSA) is 75.3 Å². The van der Waals surface area contributed by atoms with Gasteiger partial charge in [-0.3, -0.25) is 9.88 Å². The van der Waals surface area contributed by atoms with Crippen LogP contribution < -0.4 is 0 Å². The third kappa shape index (κ3) is 2.85. The van der Waals surface area contributed by atoms with Crippen LogP contribution in [-0.4, -0.2) is 44.3 Å². The Bertz CT molecular complexity index is 932. The van der Waals surface area contributed by atoms with Crippen molar-refractivity contribution in [3.63, 3.8) is 0 Å². The molecule has 0 saturated carbocycles. The molecule has 0 bridgehead atoms. The van der Waals surface area contributed by atoms with E-state index in [-0.39, 0.29) is 11.5 Å². The van der Waals surface area contributed by atoms with Crippen LogP contribution in [0.1, 0.15) is 29.9 Å². The van der Waals surface area contributed by atoms with E-state index in [1.807, 2.05) is 12.1 Å². The Kier molecular flexibility index (Phi) is 4.02. The van der Waals surface area contributed by atoms with E-state index in [9.17, 15) is 5.11 Å². The Labute approximate surface area is 157 Å². The number of nitrogens with zero attached hydrogens (tertiary/aromatic N) is 4. The third-order valence-corrected chi connectivity index (χ3v) is 6.12. The quantitative estimate of drug-likeness (QED) is 0.772. The zero-order valence-corrected chi connectivity index (χ0v) is 15.1. The van der Waals surface area contributed by atoms with Crippen LogP contribution in [0.5, 0.6) is 0 Å². The van der Waals surface area contributed by atoms with Crippen LogP contribution >= 0.6 is 0 Å². The number of piperidine rings is 1. The lowest BCUT2D eigenvalue weighted by molar-refractivity contribution is 0.0387. The van der Waals surface area contributed by atoms with Crippen LogP contribution in [0.25, 0.3) is 11.4 Å². The van der Waals surface area contributed by atoms with Gasteiger partial charge in [-0.25, -0.2) is 0 Å². The predicted molar refractivity (Wildman–Crippen MR) is 99.9 cm³/mol. The maximum absolute atomic E-state index is 10.8. The number of aliphatic hydroxyl groups excluding tert-OH is 1. The van der Waals surface area contributed by atoms with Crippen LogP contribution in [-0.2, 0) is 18.4 Å². The van der Waals surface area contributed by atoms with Crippen molar-refractivity contribution in [1.29, 1.82) is 0 Å². The number of aromatic nitrogens is 3. The molecule has 0 amide bonds. The largest absolute Gasteiger partial charge is 0.392 e. The van der Waals surface area contributed by atoms with Crippen LogP contribution in [0.3, 0.4) is 0 Å². The van der Waals surface area contributed by atoms with E-state index in [1.165, 1.54) is 11.1 Å². The molecule has 0 radical (unpaired) electrons. The summed E-state index contributed by atoms with van der Waals surface area (Å²) in [5, 5.41) is 14.9. The molecule has 5 rings (SSSR count). The Morgan fingerprint density at radius 2 is 1.89 bits per heavy atom. The smallest absolute Gasteiger partial charge is 0.241 e. The van der Waals surface area contributed by atoms with E-state index in [0.29, 0.717) is 18.3 Å². The Balaban J connectivity index is 1.28. The van der Waals surface area contributed by atoms with Gasteiger partial charge in [-0.05, 0) is 55.6 Å². The second-order valence-corrected chi connectivity index (χ2v) is 7.56. The first-order valence-corrected chi connectivity index (χ1v) is 9.46. The summed E-state index contributed by atoms with van der Waals surface area (Å²) in [6.45, 7) is 2.47. The number of hydrogen-bond donors (Lipinski definition) is 1. The highest BCUT2D eigenvalue weighted by Gasteiger charge is 2.47. The summed E-state index contributed by atoms with van der Waals surface area (Å²) in [6, 6.07) is 12.2. The second kappa shape index (κ2) is 6.55. The maximum Gasteiger partial charge on any atom is 0.241 e. The first-order valence-electron chi connectivity index (χ1n) is 9.46. The van der Waals surface area contributed by atoms with Gasteiger partial charge in [0.2, 0.25) is 11.7 Å². The fraction of sp³-hybridized carbons (Fsp3) is 0.381. The van der Waals surface area contributed by atoms with E-state index in [0.717, 1.165) is 37.9 Å². The molecule has 3 heterocycles. The molecule has 1 atom stereocenters. The summed E-state index contributed by atoms with van der Waals surface area (Å²) in [5.41, 5.74) is 3.46. The number of rotatable bonds is 3. The predicted octanol–water partition coefficient (Wildman–Crippen LogP) is 2.58. The van der Waals surface area contributed by atoms with Gasteiger partial charge >= 0.3 is 0 Å². The minimum Gasteiger partial charge on any atom is -0.392 e. The van der Waals surface area contributed by atoms with E-state index >= 15 is 0 Å². The van der Waals surface area contributed by atoms with Gasteiger partial charge in [0.25, 0.3) is 0 Å². The summed E-state index contributed by atoms with van der Waals surface area (Å²) in [4.78, 5) is 10.9. The monoisotopic (exact) mass is 362 g/mol. The molecule has 1 spiro atoms. The first-order chi connectivity index (χ1) is 13.2. The molecule has 3 aromatic rings. The van der Waals surface area contributed by atoms with Crippen molar-refractivity contribution >= 4 is 0 Å². The zero-order valence-electron chi connectivity index (χ0n) is 15.1. The van der Waals surface area contributed by atoms with Crippen LogP contribution in [0.15, 0.2) is 53.3 Å². The summed E-state index contributed by atoms with van der Waals surface area (Å²) in [6.07, 6.45) is 5.85.